The van der Waals surface area contributed by atoms with Gasteiger partial charge in [0.25, 0.3) is 0 Å². The number of fused-ring (bicyclic) bond motifs is 3. The number of hydrogen-bond donors (Lipinski definition) is 1. The number of allylic oxidation sites excluding steroid dienone is 1. The monoisotopic (exact) mass is 395 g/mol. The molecule has 0 amide bonds. The lowest BCUT2D eigenvalue weighted by molar-refractivity contribution is -0.140. The highest BCUT2D eigenvalue weighted by Gasteiger charge is 2.61. The van der Waals surface area contributed by atoms with Gasteiger partial charge < -0.3 is 9.47 Å². The highest BCUT2D eigenvalue weighted by Crippen LogP contribution is 2.49. The first-order valence-electron chi connectivity index (χ1n) is 8.26. The second-order valence-electron chi connectivity index (χ2n) is 7.06. The van der Waals surface area contributed by atoms with Gasteiger partial charge in [-0.3, -0.25) is 0 Å². The van der Waals surface area contributed by atoms with E-state index in [1.165, 1.54) is 0 Å². The Bertz CT molecular complexity index is 760. The molecule has 0 aromatic carbocycles. The molecule has 0 saturated carbocycles. The lowest BCUT2D eigenvalue weighted by Crippen LogP contribution is -2.37. The van der Waals surface area contributed by atoms with Gasteiger partial charge in [-0.2, -0.15) is 13.2 Å². The number of alkyl halides is 3. The molecular formula is C16H20F3NO5S. The van der Waals surface area contributed by atoms with E-state index in [9.17, 15) is 26.4 Å². The fourth-order valence-corrected chi connectivity index (χ4v) is 4.09. The van der Waals surface area contributed by atoms with E-state index in [1.54, 1.807) is 10.8 Å². The Morgan fingerprint density at radius 3 is 2.77 bits per heavy atom. The van der Waals surface area contributed by atoms with Crippen LogP contribution in [0.4, 0.5) is 13.2 Å². The molecule has 10 heteroatoms. The normalized spacial score (nSPS) is 37.2. The quantitative estimate of drug-likeness (QED) is 0.343. The number of carbonyl (C=O) groups excluding carboxylic acids is 1. The van der Waals surface area contributed by atoms with Crippen LogP contribution >= 0.6 is 0 Å². The van der Waals surface area contributed by atoms with Gasteiger partial charge in [-0.15, -0.1) is 0 Å². The van der Waals surface area contributed by atoms with Crippen molar-refractivity contribution in [3.8, 4) is 0 Å². The summed E-state index contributed by atoms with van der Waals surface area (Å²) in [5.41, 5.74) is -4.95. The van der Waals surface area contributed by atoms with Gasteiger partial charge in [0, 0.05) is 18.0 Å². The minimum atomic E-state index is -5.40. The van der Waals surface area contributed by atoms with E-state index >= 15 is 0 Å². The van der Waals surface area contributed by atoms with E-state index in [4.69, 9.17) is 9.47 Å². The molecule has 0 unspecified atom stereocenters. The van der Waals surface area contributed by atoms with Crippen molar-refractivity contribution in [3.63, 3.8) is 0 Å². The topological polar surface area (TPSA) is 85.0 Å². The van der Waals surface area contributed by atoms with E-state index in [-0.39, 0.29) is 12.0 Å². The molecule has 146 valence electrons. The molecule has 0 aromatic heterocycles. The van der Waals surface area contributed by atoms with Crippen molar-refractivity contribution in [1.29, 1.82) is 0 Å². The van der Waals surface area contributed by atoms with Crippen LogP contribution in [0.2, 0.25) is 0 Å². The van der Waals surface area contributed by atoms with Gasteiger partial charge in [0.15, 0.2) is 0 Å². The molecule has 6 nitrogen and oxygen atoms in total. The molecule has 26 heavy (non-hydrogen) atoms. The third kappa shape index (κ3) is 3.54. The van der Waals surface area contributed by atoms with E-state index in [0.29, 0.717) is 36.8 Å². The van der Waals surface area contributed by atoms with Gasteiger partial charge in [0.1, 0.15) is 12.2 Å². The number of sulfonamides is 1. The summed E-state index contributed by atoms with van der Waals surface area (Å²) in [4.78, 5) is 11.8. The molecule has 2 heterocycles. The number of esters is 1. The van der Waals surface area contributed by atoms with E-state index in [2.05, 4.69) is 6.58 Å². The van der Waals surface area contributed by atoms with Crippen LogP contribution in [0.3, 0.4) is 0 Å². The predicted octanol–water partition coefficient (Wildman–Crippen LogP) is 2.18. The number of nitrogens with one attached hydrogen (secondary N) is 1. The maximum absolute atomic E-state index is 12.5. The Labute approximate surface area is 149 Å². The van der Waals surface area contributed by atoms with Crippen LogP contribution < -0.4 is 4.72 Å². The molecule has 0 bridgehead atoms. The molecule has 3 aliphatic rings. The molecule has 1 aliphatic carbocycles. The Morgan fingerprint density at radius 2 is 2.12 bits per heavy atom. The van der Waals surface area contributed by atoms with Crippen LogP contribution in [0.15, 0.2) is 23.8 Å². The molecule has 3 rings (SSSR count). The minimum absolute atomic E-state index is 0.214. The summed E-state index contributed by atoms with van der Waals surface area (Å²) in [6.45, 7) is 5.22. The number of epoxide rings is 1. The third-order valence-corrected chi connectivity index (χ3v) is 6.37. The van der Waals surface area contributed by atoms with E-state index in [1.807, 2.05) is 6.92 Å². The summed E-state index contributed by atoms with van der Waals surface area (Å²) >= 11 is 0. The average molecular weight is 395 g/mol. The van der Waals surface area contributed by atoms with Gasteiger partial charge in [-0.05, 0) is 32.6 Å². The molecule has 0 aromatic rings. The van der Waals surface area contributed by atoms with Gasteiger partial charge in [-0.1, -0.05) is 18.2 Å². The summed E-state index contributed by atoms with van der Waals surface area (Å²) in [5, 5.41) is 0. The molecular weight excluding hydrogens is 375 g/mol. The van der Waals surface area contributed by atoms with Crippen LogP contribution in [-0.4, -0.2) is 44.2 Å². The van der Waals surface area contributed by atoms with E-state index in [0.717, 1.165) is 0 Å². The van der Waals surface area contributed by atoms with E-state index < -0.39 is 39.8 Å². The second kappa shape index (κ2) is 6.35. The second-order valence-corrected chi connectivity index (χ2v) is 8.82. The van der Waals surface area contributed by atoms with Gasteiger partial charge in [0.2, 0.25) is 0 Å². The largest absolute Gasteiger partial charge is 0.511 e. The van der Waals surface area contributed by atoms with Crippen LogP contribution in [0.5, 0.6) is 0 Å². The Balaban J connectivity index is 1.74. The summed E-state index contributed by atoms with van der Waals surface area (Å²) in [6, 6.07) is 0. The van der Waals surface area contributed by atoms with Crippen LogP contribution in [0.25, 0.3) is 0 Å². The standard InChI is InChI=1S/C16H20F3NO5S/c1-9-11-6-5-10(8-20-26(22,23)16(17,18)19)4-3-7-15(2)13(25-15)12(11)24-14(9)21/h4,11-13,20H,1,3,5-8H2,2H3/b10-4+/t11-,12-,13-,15+/m0/s1. The summed E-state index contributed by atoms with van der Waals surface area (Å²) in [6.07, 6.45) is 2.96. The number of hydrogen-bond acceptors (Lipinski definition) is 5. The van der Waals surface area contributed by atoms with Crippen LogP contribution in [-0.2, 0) is 24.3 Å². The van der Waals surface area contributed by atoms with Crippen molar-refractivity contribution >= 4 is 16.0 Å². The number of rotatable bonds is 3. The van der Waals surface area contributed by atoms with Crippen molar-refractivity contribution in [3.05, 3.63) is 23.8 Å². The van der Waals surface area contributed by atoms with Crippen molar-refractivity contribution in [2.45, 2.75) is 55.9 Å². The lowest BCUT2D eigenvalue weighted by atomic mass is 9.84. The van der Waals surface area contributed by atoms with Crippen molar-refractivity contribution in [2.75, 3.05) is 6.54 Å². The Kier molecular flexibility index (Phi) is 4.73. The highest BCUT2D eigenvalue weighted by molar-refractivity contribution is 7.90. The van der Waals surface area contributed by atoms with Crippen molar-refractivity contribution in [2.24, 2.45) is 5.92 Å². The van der Waals surface area contributed by atoms with Gasteiger partial charge >= 0.3 is 21.5 Å². The average Bonchev–Trinajstić information content (AvgIpc) is 3.11. The number of ether oxygens (including phenoxy) is 2. The van der Waals surface area contributed by atoms with Crippen LogP contribution in [0, 0.1) is 5.92 Å². The first-order chi connectivity index (χ1) is 11.9. The fraction of sp³-hybridized carbons (Fsp3) is 0.688. The van der Waals surface area contributed by atoms with Crippen molar-refractivity contribution < 1.29 is 35.9 Å². The number of carbonyl (C=O) groups is 1. The molecule has 2 saturated heterocycles. The summed E-state index contributed by atoms with van der Waals surface area (Å²) in [5.74, 6) is -0.782. The summed E-state index contributed by atoms with van der Waals surface area (Å²) in [7, 11) is -5.40. The van der Waals surface area contributed by atoms with Gasteiger partial charge in [0.05, 0.1) is 5.60 Å². The zero-order valence-electron chi connectivity index (χ0n) is 14.1. The minimum Gasteiger partial charge on any atom is -0.455 e. The Hall–Kier alpha value is -1.39. The fourth-order valence-electron chi connectivity index (χ4n) is 3.55. The maximum atomic E-state index is 12.5. The first kappa shape index (κ1) is 19.4. The molecule has 4 atom stereocenters. The Morgan fingerprint density at radius 1 is 1.42 bits per heavy atom. The maximum Gasteiger partial charge on any atom is 0.511 e. The zero-order valence-corrected chi connectivity index (χ0v) is 15.0. The first-order valence-corrected chi connectivity index (χ1v) is 9.74. The molecule has 0 spiro atoms. The van der Waals surface area contributed by atoms with Gasteiger partial charge in [-0.25, -0.2) is 17.9 Å². The SMILES string of the molecule is C=C1C(=O)O[C@H]2[C@H]1CC/C(CNS(=O)(=O)C(F)(F)F)=C\CC[C@@]1(C)O[C@@H]21. The summed E-state index contributed by atoms with van der Waals surface area (Å²) < 4.78 is 72.5. The molecule has 2 aliphatic heterocycles. The molecule has 2 fully saturated rings. The van der Waals surface area contributed by atoms with Crippen molar-refractivity contribution in [1.82, 2.24) is 4.72 Å². The smallest absolute Gasteiger partial charge is 0.455 e. The predicted molar refractivity (Wildman–Crippen MR) is 85.3 cm³/mol. The molecule has 0 radical (unpaired) electrons. The number of halogens is 3. The third-order valence-electron chi connectivity index (χ3n) is 5.23. The zero-order chi connectivity index (χ0) is 19.3. The lowest BCUT2D eigenvalue weighted by Gasteiger charge is -2.20. The highest BCUT2D eigenvalue weighted by atomic mass is 32.2. The molecule has 1 N–H and O–H groups in total. The van der Waals surface area contributed by atoms with Crippen LogP contribution in [0.1, 0.15) is 32.6 Å².